The summed E-state index contributed by atoms with van der Waals surface area (Å²) in [6.07, 6.45) is 3.71. The van der Waals surface area contributed by atoms with Crippen molar-refractivity contribution in [3.8, 4) is 0 Å². The standard InChI is InChI=1S/C19H34N6O2.HI/c1-4-20-18(21-16-19(23(2)3)6-13-26-14-7-19)25-10-8-24(9-11-25)15-17-5-12-27-22-17;/h5,12H,4,6-11,13-16H2,1-3H3,(H,20,21);1H. The van der Waals surface area contributed by atoms with E-state index in [2.05, 4.69) is 46.2 Å². The van der Waals surface area contributed by atoms with E-state index in [0.717, 1.165) is 83.5 Å². The van der Waals surface area contributed by atoms with E-state index in [1.807, 2.05) is 6.07 Å². The molecule has 2 fully saturated rings. The number of nitrogens with one attached hydrogen (secondary N) is 1. The number of hydrogen-bond donors (Lipinski definition) is 1. The predicted octanol–water partition coefficient (Wildman–Crippen LogP) is 1.49. The van der Waals surface area contributed by atoms with Crippen LogP contribution in [-0.4, -0.2) is 97.9 Å². The highest BCUT2D eigenvalue weighted by Gasteiger charge is 2.35. The number of nitrogens with zero attached hydrogens (tertiary/aromatic N) is 5. The summed E-state index contributed by atoms with van der Waals surface area (Å²) in [6.45, 7) is 10.3. The van der Waals surface area contributed by atoms with Gasteiger partial charge in [0.05, 0.1) is 12.2 Å². The van der Waals surface area contributed by atoms with Crippen LogP contribution in [0.1, 0.15) is 25.5 Å². The van der Waals surface area contributed by atoms with Crippen molar-refractivity contribution in [3.05, 3.63) is 18.0 Å². The first-order valence-corrected chi connectivity index (χ1v) is 10.0. The van der Waals surface area contributed by atoms with Crippen LogP contribution in [0.4, 0.5) is 0 Å². The lowest BCUT2D eigenvalue weighted by atomic mass is 9.89. The van der Waals surface area contributed by atoms with E-state index in [1.165, 1.54) is 0 Å². The molecule has 2 saturated heterocycles. The van der Waals surface area contributed by atoms with Gasteiger partial charge in [-0.15, -0.1) is 24.0 Å². The molecule has 0 amide bonds. The molecule has 9 heteroatoms. The van der Waals surface area contributed by atoms with Gasteiger partial charge in [0.1, 0.15) is 6.26 Å². The highest BCUT2D eigenvalue weighted by Crippen LogP contribution is 2.26. The molecule has 2 aliphatic heterocycles. The first kappa shape index (κ1) is 23.4. The summed E-state index contributed by atoms with van der Waals surface area (Å²) >= 11 is 0. The summed E-state index contributed by atoms with van der Waals surface area (Å²) in [7, 11) is 4.33. The van der Waals surface area contributed by atoms with Gasteiger partial charge in [0.2, 0.25) is 0 Å². The minimum atomic E-state index is 0. The van der Waals surface area contributed by atoms with Gasteiger partial charge in [-0.2, -0.15) is 0 Å². The van der Waals surface area contributed by atoms with Gasteiger partial charge >= 0.3 is 0 Å². The third-order valence-electron chi connectivity index (χ3n) is 5.78. The second-order valence-electron chi connectivity index (χ2n) is 7.66. The Morgan fingerprint density at radius 2 is 1.96 bits per heavy atom. The van der Waals surface area contributed by atoms with Crippen molar-refractivity contribution in [1.82, 2.24) is 25.2 Å². The summed E-state index contributed by atoms with van der Waals surface area (Å²) in [5.74, 6) is 1.03. The number of rotatable bonds is 6. The molecule has 0 aliphatic carbocycles. The van der Waals surface area contributed by atoms with Gasteiger partial charge in [-0.1, -0.05) is 5.16 Å². The van der Waals surface area contributed by atoms with E-state index in [-0.39, 0.29) is 29.5 Å². The van der Waals surface area contributed by atoms with Gasteiger partial charge in [0.15, 0.2) is 5.96 Å². The van der Waals surface area contributed by atoms with Crippen LogP contribution in [0.15, 0.2) is 21.8 Å². The largest absolute Gasteiger partial charge is 0.381 e. The van der Waals surface area contributed by atoms with Crippen LogP contribution in [0.5, 0.6) is 0 Å². The van der Waals surface area contributed by atoms with Gasteiger partial charge in [-0.25, -0.2) is 0 Å². The number of guanidine groups is 1. The monoisotopic (exact) mass is 506 g/mol. The molecule has 0 atom stereocenters. The Balaban J connectivity index is 0.00000280. The number of ether oxygens (including phenoxy) is 1. The fourth-order valence-corrected chi connectivity index (χ4v) is 3.81. The summed E-state index contributed by atoms with van der Waals surface area (Å²) in [6, 6.07) is 1.94. The van der Waals surface area contributed by atoms with Crippen molar-refractivity contribution < 1.29 is 9.26 Å². The average Bonchev–Trinajstić information content (AvgIpc) is 3.19. The van der Waals surface area contributed by atoms with E-state index in [1.54, 1.807) is 6.26 Å². The highest BCUT2D eigenvalue weighted by molar-refractivity contribution is 14.0. The van der Waals surface area contributed by atoms with Gasteiger partial charge < -0.3 is 24.4 Å². The topological polar surface area (TPSA) is 69.4 Å². The summed E-state index contributed by atoms with van der Waals surface area (Å²) < 4.78 is 10.5. The predicted molar refractivity (Wildman–Crippen MR) is 121 cm³/mol. The Hall–Kier alpha value is -0.910. The Labute approximate surface area is 185 Å². The molecule has 0 spiro atoms. The molecule has 0 unspecified atom stereocenters. The SMILES string of the molecule is CCNC(=NCC1(N(C)C)CCOCC1)N1CCN(Cc2ccon2)CC1.I. The number of likely N-dealkylation sites (N-methyl/N-ethyl adjacent to an activating group) is 1. The molecule has 160 valence electrons. The van der Waals surface area contributed by atoms with Crippen LogP contribution in [0.25, 0.3) is 0 Å². The molecule has 8 nitrogen and oxygen atoms in total. The molecule has 1 aromatic rings. The number of halogens is 1. The van der Waals surface area contributed by atoms with Gasteiger partial charge in [0.25, 0.3) is 0 Å². The summed E-state index contributed by atoms with van der Waals surface area (Å²) in [5, 5.41) is 7.51. The van der Waals surface area contributed by atoms with Crippen LogP contribution >= 0.6 is 24.0 Å². The van der Waals surface area contributed by atoms with E-state index in [9.17, 15) is 0 Å². The second kappa shape index (κ2) is 11.3. The Morgan fingerprint density at radius 1 is 1.25 bits per heavy atom. The lowest BCUT2D eigenvalue weighted by Gasteiger charge is -2.42. The highest BCUT2D eigenvalue weighted by atomic mass is 127. The average molecular weight is 506 g/mol. The third-order valence-corrected chi connectivity index (χ3v) is 5.78. The van der Waals surface area contributed by atoms with Crippen molar-refractivity contribution >= 4 is 29.9 Å². The maximum atomic E-state index is 5.58. The zero-order chi connectivity index (χ0) is 19.1. The third kappa shape index (κ3) is 6.04. The molecular weight excluding hydrogens is 471 g/mol. The maximum absolute atomic E-state index is 5.58. The Kier molecular flexibility index (Phi) is 9.45. The van der Waals surface area contributed by atoms with Crippen molar-refractivity contribution in [2.75, 3.05) is 66.6 Å². The molecular formula is C19H35IN6O2. The minimum Gasteiger partial charge on any atom is -0.381 e. The van der Waals surface area contributed by atoms with Gasteiger partial charge in [-0.05, 0) is 33.9 Å². The lowest BCUT2D eigenvalue weighted by Crippen LogP contribution is -2.54. The molecule has 28 heavy (non-hydrogen) atoms. The molecule has 2 aliphatic rings. The molecule has 1 N–H and O–H groups in total. The van der Waals surface area contributed by atoms with Crippen molar-refractivity contribution in [3.63, 3.8) is 0 Å². The van der Waals surface area contributed by atoms with Crippen LogP contribution in [0, 0.1) is 0 Å². The maximum Gasteiger partial charge on any atom is 0.194 e. The second-order valence-corrected chi connectivity index (χ2v) is 7.66. The number of aliphatic imine (C=N–C) groups is 1. The first-order chi connectivity index (χ1) is 13.1. The fourth-order valence-electron chi connectivity index (χ4n) is 3.81. The molecule has 0 saturated carbocycles. The molecule has 0 bridgehead atoms. The van der Waals surface area contributed by atoms with Crippen LogP contribution in [0.3, 0.4) is 0 Å². The van der Waals surface area contributed by atoms with Crippen LogP contribution < -0.4 is 5.32 Å². The van der Waals surface area contributed by atoms with E-state index in [0.29, 0.717) is 0 Å². The quantitative estimate of drug-likeness (QED) is 0.356. The molecule has 0 radical (unpaired) electrons. The van der Waals surface area contributed by atoms with Crippen molar-refractivity contribution in [2.45, 2.75) is 31.8 Å². The minimum absolute atomic E-state index is 0. The molecule has 3 rings (SSSR count). The normalized spacial score (nSPS) is 20.9. The van der Waals surface area contributed by atoms with Gasteiger partial charge in [0, 0.05) is 64.1 Å². The van der Waals surface area contributed by atoms with Crippen LogP contribution in [0.2, 0.25) is 0 Å². The van der Waals surface area contributed by atoms with E-state index < -0.39 is 0 Å². The van der Waals surface area contributed by atoms with Crippen molar-refractivity contribution in [2.24, 2.45) is 4.99 Å². The number of hydrogen-bond acceptors (Lipinski definition) is 6. The molecule has 1 aromatic heterocycles. The van der Waals surface area contributed by atoms with E-state index in [4.69, 9.17) is 14.3 Å². The lowest BCUT2D eigenvalue weighted by molar-refractivity contribution is -0.00268. The smallest absolute Gasteiger partial charge is 0.194 e. The van der Waals surface area contributed by atoms with Crippen molar-refractivity contribution in [1.29, 1.82) is 0 Å². The van der Waals surface area contributed by atoms with Gasteiger partial charge in [-0.3, -0.25) is 9.89 Å². The number of aromatic nitrogens is 1. The van der Waals surface area contributed by atoms with E-state index >= 15 is 0 Å². The zero-order valence-corrected chi connectivity index (χ0v) is 19.7. The molecule has 3 heterocycles. The first-order valence-electron chi connectivity index (χ1n) is 10.0. The zero-order valence-electron chi connectivity index (χ0n) is 17.4. The summed E-state index contributed by atoms with van der Waals surface area (Å²) in [4.78, 5) is 12.2. The Bertz CT molecular complexity index is 581. The Morgan fingerprint density at radius 3 is 2.54 bits per heavy atom. The number of piperazine rings is 1. The fraction of sp³-hybridized carbons (Fsp3) is 0.789. The molecule has 0 aromatic carbocycles. The summed E-state index contributed by atoms with van der Waals surface area (Å²) in [5.41, 5.74) is 1.10. The van der Waals surface area contributed by atoms with Crippen LogP contribution in [-0.2, 0) is 11.3 Å².